The maximum Gasteiger partial charge on any atom is 0.419 e. The van der Waals surface area contributed by atoms with Crippen molar-refractivity contribution in [2.45, 2.75) is 19.2 Å². The zero-order valence-electron chi connectivity index (χ0n) is 9.70. The molecule has 19 heavy (non-hydrogen) atoms. The van der Waals surface area contributed by atoms with E-state index in [1.807, 2.05) is 0 Å². The fourth-order valence-electron chi connectivity index (χ4n) is 1.65. The second kappa shape index (κ2) is 4.90. The summed E-state index contributed by atoms with van der Waals surface area (Å²) >= 11 is 1.13. The number of thiazole rings is 1. The lowest BCUT2D eigenvalue weighted by molar-refractivity contribution is -0.140. The van der Waals surface area contributed by atoms with Crippen LogP contribution in [-0.2, 0) is 6.18 Å². The van der Waals surface area contributed by atoms with E-state index in [0.717, 1.165) is 17.4 Å². The second-order valence-electron chi connectivity index (χ2n) is 3.94. The molecule has 2 aromatic rings. The molecule has 0 aliphatic heterocycles. The number of aryl methyl sites for hydroxylation is 1. The third kappa shape index (κ3) is 2.76. The minimum atomic E-state index is -4.79. The SMILES string of the molecule is Cc1ncsc1C(O)c1ccc(F)c(C(F)(F)F)c1. The number of alkyl halides is 3. The summed E-state index contributed by atoms with van der Waals surface area (Å²) in [6.45, 7) is 1.64. The van der Waals surface area contributed by atoms with Crippen LogP contribution < -0.4 is 0 Å². The van der Waals surface area contributed by atoms with Crippen LogP contribution >= 0.6 is 11.3 Å². The molecule has 0 aliphatic rings. The predicted octanol–water partition coefficient (Wildman–Crippen LogP) is 3.69. The fraction of sp³-hybridized carbons (Fsp3) is 0.250. The van der Waals surface area contributed by atoms with Gasteiger partial charge in [-0.05, 0) is 24.6 Å². The second-order valence-corrected chi connectivity index (χ2v) is 4.83. The topological polar surface area (TPSA) is 33.1 Å². The van der Waals surface area contributed by atoms with Crippen molar-refractivity contribution in [1.82, 2.24) is 4.98 Å². The molecule has 0 bridgehead atoms. The molecule has 1 unspecified atom stereocenters. The van der Waals surface area contributed by atoms with Crippen molar-refractivity contribution in [1.29, 1.82) is 0 Å². The van der Waals surface area contributed by atoms with Crippen LogP contribution in [-0.4, -0.2) is 10.1 Å². The number of aliphatic hydroxyl groups excluding tert-OH is 1. The molecule has 0 amide bonds. The number of hydrogen-bond acceptors (Lipinski definition) is 3. The average Bonchev–Trinajstić information content (AvgIpc) is 2.73. The summed E-state index contributed by atoms with van der Waals surface area (Å²) in [7, 11) is 0. The summed E-state index contributed by atoms with van der Waals surface area (Å²) in [5.41, 5.74) is 0.630. The lowest BCUT2D eigenvalue weighted by Gasteiger charge is -2.13. The van der Waals surface area contributed by atoms with Crippen LogP contribution in [0.3, 0.4) is 0 Å². The summed E-state index contributed by atoms with van der Waals surface area (Å²) in [4.78, 5) is 4.36. The van der Waals surface area contributed by atoms with Gasteiger partial charge in [0.1, 0.15) is 11.9 Å². The highest BCUT2D eigenvalue weighted by Crippen LogP contribution is 2.35. The summed E-state index contributed by atoms with van der Waals surface area (Å²) in [5.74, 6) is -1.36. The summed E-state index contributed by atoms with van der Waals surface area (Å²) < 4.78 is 50.9. The Balaban J connectivity index is 2.44. The quantitative estimate of drug-likeness (QED) is 0.856. The zero-order chi connectivity index (χ0) is 14.2. The Morgan fingerprint density at radius 3 is 2.53 bits per heavy atom. The molecule has 2 nitrogen and oxygen atoms in total. The normalized spacial score (nSPS) is 13.6. The molecule has 1 atom stereocenters. The lowest BCUT2D eigenvalue weighted by atomic mass is 10.0. The highest BCUT2D eigenvalue weighted by atomic mass is 32.1. The van der Waals surface area contributed by atoms with E-state index in [9.17, 15) is 22.7 Å². The molecule has 1 heterocycles. The van der Waals surface area contributed by atoms with E-state index >= 15 is 0 Å². The number of aliphatic hydroxyl groups is 1. The van der Waals surface area contributed by atoms with Crippen LogP contribution in [0.15, 0.2) is 23.7 Å². The van der Waals surface area contributed by atoms with E-state index in [2.05, 4.69) is 4.98 Å². The lowest BCUT2D eigenvalue weighted by Crippen LogP contribution is -2.10. The van der Waals surface area contributed by atoms with Gasteiger partial charge in [0, 0.05) is 0 Å². The molecule has 0 saturated heterocycles. The molecule has 0 aliphatic carbocycles. The summed E-state index contributed by atoms with van der Waals surface area (Å²) in [6.07, 6.45) is -6.03. The van der Waals surface area contributed by atoms with Gasteiger partial charge in [0.15, 0.2) is 0 Å². The standard InChI is InChI=1S/C12H9F4NOS/c1-6-11(19-5-17-6)10(18)7-2-3-9(13)8(4-7)12(14,15)16/h2-5,10,18H,1H3. The van der Waals surface area contributed by atoms with Gasteiger partial charge < -0.3 is 5.11 Å². The van der Waals surface area contributed by atoms with Crippen LogP contribution in [0.5, 0.6) is 0 Å². The molecular formula is C12H9F4NOS. The van der Waals surface area contributed by atoms with Gasteiger partial charge in [0.05, 0.1) is 21.6 Å². The highest BCUT2D eigenvalue weighted by molar-refractivity contribution is 7.09. The number of nitrogens with zero attached hydrogens (tertiary/aromatic N) is 1. The molecule has 1 N–H and O–H groups in total. The Bertz CT molecular complexity index is 594. The molecule has 0 fully saturated rings. The first kappa shape index (κ1) is 14.0. The average molecular weight is 291 g/mol. The monoisotopic (exact) mass is 291 g/mol. The Kier molecular flexibility index (Phi) is 3.60. The van der Waals surface area contributed by atoms with Crippen LogP contribution in [0.25, 0.3) is 0 Å². The van der Waals surface area contributed by atoms with Gasteiger partial charge in [-0.3, -0.25) is 0 Å². The Labute approximate surface area is 110 Å². The molecule has 102 valence electrons. The van der Waals surface area contributed by atoms with E-state index in [1.54, 1.807) is 6.92 Å². The van der Waals surface area contributed by atoms with Gasteiger partial charge in [0.2, 0.25) is 0 Å². The van der Waals surface area contributed by atoms with Gasteiger partial charge >= 0.3 is 6.18 Å². The molecule has 7 heteroatoms. The largest absolute Gasteiger partial charge is 0.419 e. The van der Waals surface area contributed by atoms with Crippen LogP contribution in [0.4, 0.5) is 17.6 Å². The van der Waals surface area contributed by atoms with Crippen molar-refractivity contribution in [2.24, 2.45) is 0 Å². The molecule has 1 aromatic carbocycles. The first-order valence-corrected chi connectivity index (χ1v) is 6.13. The third-order valence-corrected chi connectivity index (χ3v) is 3.63. The van der Waals surface area contributed by atoms with E-state index in [1.165, 1.54) is 5.51 Å². The van der Waals surface area contributed by atoms with Gasteiger partial charge in [0.25, 0.3) is 0 Å². The highest BCUT2D eigenvalue weighted by Gasteiger charge is 2.34. The molecule has 1 aromatic heterocycles. The van der Waals surface area contributed by atoms with Crippen molar-refractivity contribution < 1.29 is 22.7 Å². The maximum atomic E-state index is 13.1. The smallest absolute Gasteiger partial charge is 0.383 e. The maximum absolute atomic E-state index is 13.1. The van der Waals surface area contributed by atoms with E-state index in [4.69, 9.17) is 0 Å². The van der Waals surface area contributed by atoms with Crippen LogP contribution in [0, 0.1) is 12.7 Å². The summed E-state index contributed by atoms with van der Waals surface area (Å²) in [5, 5.41) is 10.0. The van der Waals surface area contributed by atoms with Crippen LogP contribution in [0.1, 0.15) is 27.8 Å². The fourth-order valence-corrected chi connectivity index (χ4v) is 2.47. The van der Waals surface area contributed by atoms with E-state index < -0.39 is 23.7 Å². The predicted molar refractivity (Wildman–Crippen MR) is 62.3 cm³/mol. The zero-order valence-corrected chi connectivity index (χ0v) is 10.5. The van der Waals surface area contributed by atoms with E-state index in [-0.39, 0.29) is 5.56 Å². The van der Waals surface area contributed by atoms with E-state index in [0.29, 0.717) is 22.7 Å². The summed E-state index contributed by atoms with van der Waals surface area (Å²) in [6, 6.07) is 2.46. The molecular weight excluding hydrogens is 282 g/mol. The minimum Gasteiger partial charge on any atom is -0.383 e. The number of halogens is 4. The number of hydrogen-bond donors (Lipinski definition) is 1. The molecule has 0 radical (unpaired) electrons. The molecule has 0 spiro atoms. The Morgan fingerprint density at radius 1 is 1.32 bits per heavy atom. The van der Waals surface area contributed by atoms with Gasteiger partial charge in [-0.2, -0.15) is 13.2 Å². The molecule has 2 rings (SSSR count). The Hall–Kier alpha value is -1.47. The first-order valence-electron chi connectivity index (χ1n) is 5.25. The molecule has 0 saturated carbocycles. The van der Waals surface area contributed by atoms with Crippen molar-refractivity contribution in [3.63, 3.8) is 0 Å². The van der Waals surface area contributed by atoms with Crippen molar-refractivity contribution in [3.8, 4) is 0 Å². The van der Waals surface area contributed by atoms with Crippen molar-refractivity contribution in [2.75, 3.05) is 0 Å². The van der Waals surface area contributed by atoms with Crippen molar-refractivity contribution >= 4 is 11.3 Å². The number of rotatable bonds is 2. The Morgan fingerprint density at radius 2 is 2.00 bits per heavy atom. The minimum absolute atomic E-state index is 0.0129. The number of aromatic nitrogens is 1. The first-order chi connectivity index (χ1) is 8.80. The van der Waals surface area contributed by atoms with Crippen molar-refractivity contribution in [3.05, 3.63) is 51.2 Å². The third-order valence-electron chi connectivity index (χ3n) is 2.64. The van der Waals surface area contributed by atoms with Gasteiger partial charge in [-0.25, -0.2) is 9.37 Å². The van der Waals surface area contributed by atoms with Crippen LogP contribution in [0.2, 0.25) is 0 Å². The van der Waals surface area contributed by atoms with Gasteiger partial charge in [-0.1, -0.05) is 6.07 Å². The van der Waals surface area contributed by atoms with Gasteiger partial charge in [-0.15, -0.1) is 11.3 Å². The number of benzene rings is 1.